The quantitative estimate of drug-likeness (QED) is 0.811. The van der Waals surface area contributed by atoms with Crippen LogP contribution in [0.4, 0.5) is 5.69 Å². The summed E-state index contributed by atoms with van der Waals surface area (Å²) in [7, 11) is 0. The fourth-order valence-corrected chi connectivity index (χ4v) is 4.40. The van der Waals surface area contributed by atoms with Gasteiger partial charge in [-0.2, -0.15) is 0 Å². The van der Waals surface area contributed by atoms with E-state index in [4.69, 9.17) is 0 Å². The number of carbonyl (C=O) groups excluding carboxylic acids is 2. The molecule has 29 heavy (non-hydrogen) atoms. The summed E-state index contributed by atoms with van der Waals surface area (Å²) in [4.78, 5) is 27.8. The number of nitrogens with zero attached hydrogens (tertiary/aromatic N) is 1. The molecule has 4 rings (SSSR count). The number of amides is 2. The number of halogens is 1. The Hall–Kier alpha value is -2.37. The molecule has 2 heterocycles. The summed E-state index contributed by atoms with van der Waals surface area (Å²) < 4.78 is 0. The third-order valence-electron chi connectivity index (χ3n) is 5.71. The maximum Gasteiger partial charge on any atom is 0.247 e. The number of carbonyl (C=O) groups is 2. The van der Waals surface area contributed by atoms with E-state index in [1.54, 1.807) is 4.90 Å². The largest absolute Gasteiger partial charge is 0.329 e. The second-order valence-corrected chi connectivity index (χ2v) is 7.96. The van der Waals surface area contributed by atoms with Crippen molar-refractivity contribution >= 4 is 29.9 Å². The molecule has 0 bridgehead atoms. The van der Waals surface area contributed by atoms with Gasteiger partial charge in [0.15, 0.2) is 0 Å². The third-order valence-corrected chi connectivity index (χ3v) is 5.71. The lowest BCUT2D eigenvalue weighted by atomic mass is 9.95. The van der Waals surface area contributed by atoms with Crippen LogP contribution >= 0.6 is 12.4 Å². The molecule has 1 fully saturated rings. The van der Waals surface area contributed by atoms with Crippen LogP contribution in [0.5, 0.6) is 0 Å². The molecule has 2 N–H and O–H groups in total. The van der Waals surface area contributed by atoms with E-state index in [1.807, 2.05) is 38.1 Å². The van der Waals surface area contributed by atoms with Gasteiger partial charge in [0.25, 0.3) is 0 Å². The summed E-state index contributed by atoms with van der Waals surface area (Å²) in [6.07, 6.45) is 2.25. The first kappa shape index (κ1) is 21.3. The number of rotatable bonds is 3. The molecule has 0 unspecified atom stereocenters. The van der Waals surface area contributed by atoms with Crippen LogP contribution in [0.3, 0.4) is 0 Å². The molecule has 0 aromatic heterocycles. The lowest BCUT2D eigenvalue weighted by Gasteiger charge is -2.31. The van der Waals surface area contributed by atoms with E-state index in [1.165, 1.54) is 11.1 Å². The molecule has 5 nitrogen and oxygen atoms in total. The highest BCUT2D eigenvalue weighted by Crippen LogP contribution is 2.24. The van der Waals surface area contributed by atoms with Gasteiger partial charge in [0.05, 0.1) is 6.04 Å². The highest BCUT2D eigenvalue weighted by molar-refractivity contribution is 5.98. The normalized spacial score (nSPS) is 20.6. The second-order valence-electron chi connectivity index (χ2n) is 7.96. The number of benzene rings is 2. The van der Waals surface area contributed by atoms with Crippen molar-refractivity contribution in [1.82, 2.24) is 10.2 Å². The fourth-order valence-electron chi connectivity index (χ4n) is 4.40. The third kappa shape index (κ3) is 4.62. The Balaban J connectivity index is 0.00000240. The second kappa shape index (κ2) is 8.97. The average molecular weight is 414 g/mol. The van der Waals surface area contributed by atoms with Crippen LogP contribution in [0.2, 0.25) is 0 Å². The van der Waals surface area contributed by atoms with Crippen LogP contribution in [0.1, 0.15) is 35.1 Å². The van der Waals surface area contributed by atoms with Gasteiger partial charge in [0, 0.05) is 18.8 Å². The maximum absolute atomic E-state index is 13.2. The molecule has 6 heteroatoms. The lowest BCUT2D eigenvalue weighted by molar-refractivity contribution is -0.138. The molecule has 0 saturated carbocycles. The van der Waals surface area contributed by atoms with Crippen LogP contribution in [0, 0.1) is 13.8 Å². The van der Waals surface area contributed by atoms with Crippen LogP contribution in [0.15, 0.2) is 42.5 Å². The van der Waals surface area contributed by atoms with Gasteiger partial charge in [0.1, 0.15) is 6.04 Å². The summed E-state index contributed by atoms with van der Waals surface area (Å²) in [6.45, 7) is 5.37. The topological polar surface area (TPSA) is 61.4 Å². The molecule has 2 aliphatic heterocycles. The first-order valence-corrected chi connectivity index (χ1v) is 10.0. The fraction of sp³-hybridized carbons (Fsp3) is 0.391. The lowest BCUT2D eigenvalue weighted by Crippen LogP contribution is -2.53. The highest BCUT2D eigenvalue weighted by Gasteiger charge is 2.38. The smallest absolute Gasteiger partial charge is 0.247 e. The van der Waals surface area contributed by atoms with Crippen molar-refractivity contribution in [2.75, 3.05) is 11.9 Å². The van der Waals surface area contributed by atoms with Gasteiger partial charge in [-0.15, -0.1) is 12.4 Å². The molecule has 0 radical (unpaired) electrons. The Bertz CT molecular complexity index is 894. The van der Waals surface area contributed by atoms with Crippen molar-refractivity contribution < 1.29 is 9.59 Å². The predicted octanol–water partition coefficient (Wildman–Crippen LogP) is 3.37. The maximum atomic E-state index is 13.2. The predicted molar refractivity (Wildman–Crippen MR) is 117 cm³/mol. The summed E-state index contributed by atoms with van der Waals surface area (Å²) >= 11 is 0. The van der Waals surface area contributed by atoms with E-state index in [0.29, 0.717) is 25.9 Å². The Morgan fingerprint density at radius 2 is 1.76 bits per heavy atom. The molecule has 0 spiro atoms. The van der Waals surface area contributed by atoms with Gasteiger partial charge in [0.2, 0.25) is 11.8 Å². The number of likely N-dealkylation sites (tertiary alicyclic amines) is 1. The average Bonchev–Trinajstić information content (AvgIpc) is 3.16. The van der Waals surface area contributed by atoms with Crippen molar-refractivity contribution in [3.8, 4) is 0 Å². The number of hydrogen-bond donors (Lipinski definition) is 2. The monoisotopic (exact) mass is 413 g/mol. The minimum atomic E-state index is -0.396. The summed E-state index contributed by atoms with van der Waals surface area (Å²) in [5.74, 6) is -0.0559. The van der Waals surface area contributed by atoms with Crippen molar-refractivity contribution in [1.29, 1.82) is 0 Å². The highest BCUT2D eigenvalue weighted by atomic mass is 35.5. The molecule has 2 amide bonds. The Kier molecular flexibility index (Phi) is 6.60. The van der Waals surface area contributed by atoms with Crippen LogP contribution < -0.4 is 10.6 Å². The Morgan fingerprint density at radius 1 is 1.07 bits per heavy atom. The van der Waals surface area contributed by atoms with Gasteiger partial charge >= 0.3 is 0 Å². The zero-order valence-corrected chi connectivity index (χ0v) is 17.7. The Morgan fingerprint density at radius 3 is 2.48 bits per heavy atom. The molecule has 0 aliphatic carbocycles. The van der Waals surface area contributed by atoms with Gasteiger partial charge in [-0.25, -0.2) is 0 Å². The molecular weight excluding hydrogens is 386 g/mol. The van der Waals surface area contributed by atoms with E-state index in [9.17, 15) is 9.59 Å². The van der Waals surface area contributed by atoms with E-state index in [-0.39, 0.29) is 30.3 Å². The van der Waals surface area contributed by atoms with E-state index in [0.717, 1.165) is 23.2 Å². The number of fused-ring (bicyclic) bond motifs is 1. The summed E-state index contributed by atoms with van der Waals surface area (Å²) in [5, 5.41) is 6.37. The van der Waals surface area contributed by atoms with Gasteiger partial charge < -0.3 is 15.5 Å². The van der Waals surface area contributed by atoms with Crippen molar-refractivity contribution in [2.45, 2.75) is 51.7 Å². The first-order valence-electron chi connectivity index (χ1n) is 10.0. The zero-order chi connectivity index (χ0) is 19.7. The number of hydrogen-bond acceptors (Lipinski definition) is 3. The van der Waals surface area contributed by atoms with Crippen molar-refractivity contribution in [3.05, 3.63) is 64.7 Å². The van der Waals surface area contributed by atoms with Crippen LogP contribution in [0.25, 0.3) is 0 Å². The Labute approximate surface area is 178 Å². The van der Waals surface area contributed by atoms with Crippen molar-refractivity contribution in [2.24, 2.45) is 0 Å². The van der Waals surface area contributed by atoms with E-state index >= 15 is 0 Å². The van der Waals surface area contributed by atoms with Crippen molar-refractivity contribution in [3.63, 3.8) is 0 Å². The molecular formula is C23H28ClN3O2. The number of anilines is 1. The van der Waals surface area contributed by atoms with E-state index in [2.05, 4.69) is 28.8 Å². The van der Waals surface area contributed by atoms with Gasteiger partial charge in [-0.3, -0.25) is 9.59 Å². The minimum absolute atomic E-state index is 0. The standard InChI is InChI=1S/C23H27N3O2.ClH/c1-15-10-16(2)12-19(11-15)25-22(27)21-8-5-9-26(21)23(28)20-13-17-6-3-4-7-18(17)14-24-20;/h3-4,6-7,10-12,20-21,24H,5,8-9,13-14H2,1-2H3,(H,25,27);1H/t20-,21-;/m0./s1. The SMILES string of the molecule is Cc1cc(C)cc(NC(=O)[C@@H]2CCCN2C(=O)[C@@H]2Cc3ccccc3CN2)c1.Cl. The number of aryl methyl sites for hydroxylation is 2. The molecule has 1 saturated heterocycles. The molecule has 2 atom stereocenters. The van der Waals surface area contributed by atoms with Crippen LogP contribution in [-0.4, -0.2) is 35.3 Å². The minimum Gasteiger partial charge on any atom is -0.329 e. The summed E-state index contributed by atoms with van der Waals surface area (Å²) in [6, 6.07) is 13.6. The molecule has 2 aliphatic rings. The zero-order valence-electron chi connectivity index (χ0n) is 16.9. The molecule has 2 aromatic rings. The molecule has 154 valence electrons. The van der Waals surface area contributed by atoms with Crippen LogP contribution in [-0.2, 0) is 22.6 Å². The number of nitrogens with one attached hydrogen (secondary N) is 2. The summed E-state index contributed by atoms with van der Waals surface area (Å²) in [5.41, 5.74) is 5.48. The van der Waals surface area contributed by atoms with E-state index < -0.39 is 6.04 Å². The first-order chi connectivity index (χ1) is 13.5. The van der Waals surface area contributed by atoms with Gasteiger partial charge in [-0.1, -0.05) is 30.3 Å². The van der Waals surface area contributed by atoms with Gasteiger partial charge in [-0.05, 0) is 67.5 Å². The molecule has 2 aromatic carbocycles.